The molecule has 0 radical (unpaired) electrons. The predicted octanol–water partition coefficient (Wildman–Crippen LogP) is 4.52. The van der Waals surface area contributed by atoms with Gasteiger partial charge >= 0.3 is 0 Å². The van der Waals surface area contributed by atoms with Gasteiger partial charge in [0.05, 0.1) is 0 Å². The van der Waals surface area contributed by atoms with E-state index in [0.717, 1.165) is 29.8 Å². The van der Waals surface area contributed by atoms with E-state index in [0.29, 0.717) is 11.0 Å². The maximum atomic E-state index is 10.8. The van der Waals surface area contributed by atoms with E-state index in [4.69, 9.17) is 0 Å². The lowest BCUT2D eigenvalue weighted by Crippen LogP contribution is -2.38. The van der Waals surface area contributed by atoms with Crippen molar-refractivity contribution >= 4 is 27.9 Å². The Labute approximate surface area is 124 Å². The molecule has 0 bridgehead atoms. The normalized spacial score (nSPS) is 17.6. The lowest BCUT2D eigenvalue weighted by Gasteiger charge is -2.39. The smallest absolute Gasteiger partial charge is 0.151 e. The van der Waals surface area contributed by atoms with Crippen LogP contribution in [0, 0.1) is 11.3 Å². The minimum absolute atomic E-state index is 0.411. The van der Waals surface area contributed by atoms with Gasteiger partial charge in [0.15, 0.2) is 6.29 Å². The molecule has 2 nitrogen and oxygen atoms in total. The molecule has 1 heterocycles. The third-order valence-electron chi connectivity index (χ3n) is 4.20. The van der Waals surface area contributed by atoms with E-state index in [-0.39, 0.29) is 0 Å². The summed E-state index contributed by atoms with van der Waals surface area (Å²) in [6, 6.07) is 6.00. The van der Waals surface area contributed by atoms with Crippen molar-refractivity contribution in [1.82, 2.24) is 0 Å². The first kappa shape index (κ1) is 14.6. The second-order valence-corrected chi connectivity index (χ2v) is 7.31. The second kappa shape index (κ2) is 5.66. The van der Waals surface area contributed by atoms with Crippen LogP contribution >= 0.6 is 15.9 Å². The summed E-state index contributed by atoms with van der Waals surface area (Å²) in [5, 5.41) is 0. The summed E-state index contributed by atoms with van der Waals surface area (Å²) < 4.78 is 0.887. The quantitative estimate of drug-likeness (QED) is 0.745. The molecule has 0 unspecified atom stereocenters. The summed E-state index contributed by atoms with van der Waals surface area (Å²) in [5.74, 6) is 0.807. The van der Waals surface area contributed by atoms with Gasteiger partial charge in [-0.1, -0.05) is 20.8 Å². The van der Waals surface area contributed by atoms with Crippen LogP contribution in [0.4, 0.5) is 5.69 Å². The molecule has 0 saturated carbocycles. The number of rotatable bonds is 2. The number of hydrogen-bond acceptors (Lipinski definition) is 2. The molecule has 0 amide bonds. The number of carbonyl (C=O) groups is 1. The maximum absolute atomic E-state index is 10.8. The zero-order chi connectivity index (χ0) is 14.0. The number of halogens is 1. The zero-order valence-electron chi connectivity index (χ0n) is 11.9. The summed E-state index contributed by atoms with van der Waals surface area (Å²) in [4.78, 5) is 13.2. The fourth-order valence-corrected chi connectivity index (χ4v) is 3.27. The van der Waals surface area contributed by atoms with E-state index < -0.39 is 0 Å². The first-order chi connectivity index (χ1) is 8.91. The van der Waals surface area contributed by atoms with Crippen LogP contribution in [0.15, 0.2) is 22.7 Å². The summed E-state index contributed by atoms with van der Waals surface area (Å²) >= 11 is 3.46. The van der Waals surface area contributed by atoms with Gasteiger partial charge in [-0.15, -0.1) is 0 Å². The van der Waals surface area contributed by atoms with Crippen LogP contribution in [-0.2, 0) is 0 Å². The van der Waals surface area contributed by atoms with Gasteiger partial charge in [-0.2, -0.15) is 0 Å². The highest BCUT2D eigenvalue weighted by Crippen LogP contribution is 2.36. The molecule has 0 aliphatic carbocycles. The molecule has 0 N–H and O–H groups in total. The Morgan fingerprint density at radius 1 is 1.26 bits per heavy atom. The van der Waals surface area contributed by atoms with Gasteiger partial charge in [-0.25, -0.2) is 0 Å². The molecule has 0 spiro atoms. The Kier molecular flexibility index (Phi) is 4.34. The minimum Gasteiger partial charge on any atom is -0.371 e. The van der Waals surface area contributed by atoms with E-state index in [1.54, 1.807) is 0 Å². The Morgan fingerprint density at radius 2 is 1.89 bits per heavy atom. The van der Waals surface area contributed by atoms with Crippen molar-refractivity contribution in [1.29, 1.82) is 0 Å². The third kappa shape index (κ3) is 3.38. The first-order valence-electron chi connectivity index (χ1n) is 6.91. The lowest BCUT2D eigenvalue weighted by molar-refractivity contribution is 0.112. The highest BCUT2D eigenvalue weighted by molar-refractivity contribution is 9.10. The first-order valence-corrected chi connectivity index (χ1v) is 7.71. The van der Waals surface area contributed by atoms with Crippen LogP contribution < -0.4 is 4.90 Å². The van der Waals surface area contributed by atoms with Crippen LogP contribution in [-0.4, -0.2) is 19.4 Å². The van der Waals surface area contributed by atoms with E-state index in [1.807, 2.05) is 12.1 Å². The Morgan fingerprint density at radius 3 is 2.37 bits per heavy atom. The molecule has 1 aromatic rings. The fraction of sp³-hybridized carbons (Fsp3) is 0.562. The van der Waals surface area contributed by atoms with Crippen LogP contribution in [0.5, 0.6) is 0 Å². The van der Waals surface area contributed by atoms with Gasteiger partial charge < -0.3 is 4.90 Å². The number of hydrogen-bond donors (Lipinski definition) is 0. The summed E-state index contributed by atoms with van der Waals surface area (Å²) in [6.07, 6.45) is 3.38. The number of anilines is 1. The van der Waals surface area contributed by atoms with Crippen molar-refractivity contribution in [3.63, 3.8) is 0 Å². The maximum Gasteiger partial charge on any atom is 0.151 e. The molecule has 0 atom stereocenters. The predicted molar refractivity (Wildman–Crippen MR) is 83.9 cm³/mol. The van der Waals surface area contributed by atoms with Crippen molar-refractivity contribution in [2.45, 2.75) is 33.6 Å². The SMILES string of the molecule is CC(C)(C)C1CCN(c2ccc(C=O)c(Br)c2)CC1. The molecule has 1 fully saturated rings. The number of carbonyl (C=O) groups excluding carboxylic acids is 1. The number of aldehydes is 1. The van der Waals surface area contributed by atoms with Gasteiger partial charge in [0, 0.05) is 28.8 Å². The molecule has 1 aliphatic rings. The average molecular weight is 324 g/mol. The van der Waals surface area contributed by atoms with Crippen LogP contribution in [0.1, 0.15) is 44.0 Å². The van der Waals surface area contributed by atoms with Crippen molar-refractivity contribution in [2.24, 2.45) is 11.3 Å². The summed E-state index contributed by atoms with van der Waals surface area (Å²) in [5.41, 5.74) is 2.34. The minimum atomic E-state index is 0.411. The molecule has 104 valence electrons. The van der Waals surface area contributed by atoms with Gasteiger partial charge in [0.25, 0.3) is 0 Å². The van der Waals surface area contributed by atoms with E-state index in [2.05, 4.69) is 47.7 Å². The summed E-state index contributed by atoms with van der Waals surface area (Å²) in [6.45, 7) is 9.22. The molecular formula is C16H22BrNO. The molecular weight excluding hydrogens is 302 g/mol. The third-order valence-corrected chi connectivity index (χ3v) is 4.88. The molecule has 2 rings (SSSR count). The van der Waals surface area contributed by atoms with Gasteiger partial charge in [-0.05, 0) is 58.3 Å². The van der Waals surface area contributed by atoms with Gasteiger partial charge in [0.1, 0.15) is 0 Å². The second-order valence-electron chi connectivity index (χ2n) is 6.45. The lowest BCUT2D eigenvalue weighted by atomic mass is 9.75. The van der Waals surface area contributed by atoms with Crippen molar-refractivity contribution in [3.8, 4) is 0 Å². The zero-order valence-corrected chi connectivity index (χ0v) is 13.5. The number of piperidine rings is 1. The van der Waals surface area contributed by atoms with Gasteiger partial charge in [-0.3, -0.25) is 4.79 Å². The molecule has 1 aromatic carbocycles. The average Bonchev–Trinajstić information content (AvgIpc) is 2.38. The van der Waals surface area contributed by atoms with Crippen LogP contribution in [0.2, 0.25) is 0 Å². The summed E-state index contributed by atoms with van der Waals surface area (Å²) in [7, 11) is 0. The van der Waals surface area contributed by atoms with E-state index >= 15 is 0 Å². The van der Waals surface area contributed by atoms with Crippen molar-refractivity contribution in [2.75, 3.05) is 18.0 Å². The molecule has 1 saturated heterocycles. The topological polar surface area (TPSA) is 20.3 Å². The fourth-order valence-electron chi connectivity index (χ4n) is 2.81. The number of nitrogens with zero attached hydrogens (tertiary/aromatic N) is 1. The largest absolute Gasteiger partial charge is 0.371 e. The highest BCUT2D eigenvalue weighted by atomic mass is 79.9. The van der Waals surface area contributed by atoms with E-state index in [9.17, 15) is 4.79 Å². The van der Waals surface area contributed by atoms with Crippen molar-refractivity contribution < 1.29 is 4.79 Å². The highest BCUT2D eigenvalue weighted by Gasteiger charge is 2.28. The molecule has 3 heteroatoms. The Balaban J connectivity index is 2.06. The van der Waals surface area contributed by atoms with Crippen LogP contribution in [0.25, 0.3) is 0 Å². The molecule has 1 aliphatic heterocycles. The standard InChI is InChI=1S/C16H22BrNO/c1-16(2,3)13-6-8-18(9-7-13)14-5-4-12(11-19)15(17)10-14/h4-5,10-11,13H,6-9H2,1-3H3. The molecule has 0 aromatic heterocycles. The van der Waals surface area contributed by atoms with E-state index in [1.165, 1.54) is 18.5 Å². The monoisotopic (exact) mass is 323 g/mol. The Bertz CT molecular complexity index is 456. The van der Waals surface area contributed by atoms with Crippen LogP contribution in [0.3, 0.4) is 0 Å². The Hall–Kier alpha value is -0.830. The number of benzene rings is 1. The van der Waals surface area contributed by atoms with Crippen molar-refractivity contribution in [3.05, 3.63) is 28.2 Å². The molecule has 19 heavy (non-hydrogen) atoms. The van der Waals surface area contributed by atoms with Gasteiger partial charge in [0.2, 0.25) is 0 Å².